The van der Waals surface area contributed by atoms with Gasteiger partial charge in [-0.05, 0) is 43.1 Å². The van der Waals surface area contributed by atoms with Gasteiger partial charge in [-0.2, -0.15) is 0 Å². The molecule has 2 unspecified atom stereocenters. The standard InChI is InChI=1S/C15H22BrFN2O/c1-2-5-19-6-7-20-15(10-19)14(18)9-11-8-12(16)3-4-13(11)17/h3-4,8,14-15H,2,5-7,9-10,18H2,1H3. The molecule has 2 rings (SSSR count). The number of nitrogens with zero attached hydrogens (tertiary/aromatic N) is 1. The molecule has 1 heterocycles. The van der Waals surface area contributed by atoms with Crippen LogP contribution >= 0.6 is 15.9 Å². The van der Waals surface area contributed by atoms with Crippen LogP contribution in [0.1, 0.15) is 18.9 Å². The minimum Gasteiger partial charge on any atom is -0.374 e. The van der Waals surface area contributed by atoms with E-state index in [1.807, 2.05) is 0 Å². The topological polar surface area (TPSA) is 38.5 Å². The van der Waals surface area contributed by atoms with Gasteiger partial charge in [0.1, 0.15) is 5.82 Å². The maximum absolute atomic E-state index is 13.8. The van der Waals surface area contributed by atoms with Crippen LogP contribution in [0.3, 0.4) is 0 Å². The molecular weight excluding hydrogens is 323 g/mol. The van der Waals surface area contributed by atoms with Crippen molar-refractivity contribution >= 4 is 15.9 Å². The molecule has 0 radical (unpaired) electrons. The van der Waals surface area contributed by atoms with Crippen molar-refractivity contribution in [2.24, 2.45) is 5.73 Å². The van der Waals surface area contributed by atoms with Gasteiger partial charge < -0.3 is 10.5 Å². The molecule has 1 aliphatic heterocycles. The highest BCUT2D eigenvalue weighted by atomic mass is 79.9. The number of rotatable bonds is 5. The average Bonchev–Trinajstić information content (AvgIpc) is 2.43. The summed E-state index contributed by atoms with van der Waals surface area (Å²) in [5.74, 6) is -0.204. The van der Waals surface area contributed by atoms with Gasteiger partial charge in [0.15, 0.2) is 0 Å². The lowest BCUT2D eigenvalue weighted by Gasteiger charge is -2.35. The first-order valence-corrected chi connectivity index (χ1v) is 7.93. The number of hydrogen-bond donors (Lipinski definition) is 1. The molecule has 112 valence electrons. The Hall–Kier alpha value is -0.490. The Labute approximate surface area is 128 Å². The monoisotopic (exact) mass is 344 g/mol. The third kappa shape index (κ3) is 4.25. The summed E-state index contributed by atoms with van der Waals surface area (Å²) in [5, 5.41) is 0. The second-order valence-electron chi connectivity index (χ2n) is 5.31. The van der Waals surface area contributed by atoms with Crippen molar-refractivity contribution in [1.29, 1.82) is 0 Å². The van der Waals surface area contributed by atoms with Crippen LogP contribution in [0, 0.1) is 5.82 Å². The zero-order valence-corrected chi connectivity index (χ0v) is 13.4. The Morgan fingerprint density at radius 1 is 1.55 bits per heavy atom. The van der Waals surface area contributed by atoms with Crippen molar-refractivity contribution < 1.29 is 9.13 Å². The molecule has 3 nitrogen and oxygen atoms in total. The van der Waals surface area contributed by atoms with Gasteiger partial charge in [-0.3, -0.25) is 4.90 Å². The maximum Gasteiger partial charge on any atom is 0.126 e. The van der Waals surface area contributed by atoms with Crippen molar-refractivity contribution in [2.75, 3.05) is 26.2 Å². The Morgan fingerprint density at radius 3 is 3.10 bits per heavy atom. The highest BCUT2D eigenvalue weighted by Gasteiger charge is 2.26. The molecule has 1 aromatic rings. The lowest BCUT2D eigenvalue weighted by atomic mass is 10.0. The zero-order valence-electron chi connectivity index (χ0n) is 11.8. The fourth-order valence-electron chi connectivity index (χ4n) is 2.60. The number of morpholine rings is 1. The quantitative estimate of drug-likeness (QED) is 0.892. The molecule has 0 bridgehead atoms. The summed E-state index contributed by atoms with van der Waals surface area (Å²) < 4.78 is 20.4. The maximum atomic E-state index is 13.8. The summed E-state index contributed by atoms with van der Waals surface area (Å²) in [7, 11) is 0. The molecule has 1 aliphatic rings. The lowest BCUT2D eigenvalue weighted by molar-refractivity contribution is -0.0401. The Morgan fingerprint density at radius 2 is 2.35 bits per heavy atom. The SMILES string of the molecule is CCCN1CCOC(C(N)Cc2cc(Br)ccc2F)C1. The molecule has 2 N–H and O–H groups in total. The predicted octanol–water partition coefficient (Wildman–Crippen LogP) is 2.57. The minimum absolute atomic E-state index is 0.0197. The fraction of sp³-hybridized carbons (Fsp3) is 0.600. The molecule has 5 heteroatoms. The third-order valence-corrected chi connectivity index (χ3v) is 4.15. The van der Waals surface area contributed by atoms with Crippen molar-refractivity contribution in [2.45, 2.75) is 31.9 Å². The number of benzene rings is 1. The molecule has 0 aromatic heterocycles. The summed E-state index contributed by atoms with van der Waals surface area (Å²) in [6.45, 7) is 5.74. The van der Waals surface area contributed by atoms with Gasteiger partial charge in [-0.25, -0.2) is 4.39 Å². The van der Waals surface area contributed by atoms with Gasteiger partial charge in [-0.1, -0.05) is 22.9 Å². The van der Waals surface area contributed by atoms with Crippen molar-refractivity contribution in [3.8, 4) is 0 Å². The molecule has 0 saturated carbocycles. The van der Waals surface area contributed by atoms with E-state index in [0.717, 1.165) is 30.5 Å². The molecule has 1 saturated heterocycles. The van der Waals surface area contributed by atoms with Crippen LogP contribution in [-0.4, -0.2) is 43.3 Å². The van der Waals surface area contributed by atoms with Crippen molar-refractivity contribution in [3.05, 3.63) is 34.1 Å². The fourth-order valence-corrected chi connectivity index (χ4v) is 3.00. The van der Waals surface area contributed by atoms with Crippen LogP contribution in [0.2, 0.25) is 0 Å². The van der Waals surface area contributed by atoms with Crippen molar-refractivity contribution in [3.63, 3.8) is 0 Å². The van der Waals surface area contributed by atoms with Gasteiger partial charge in [0.05, 0.1) is 12.7 Å². The second-order valence-corrected chi connectivity index (χ2v) is 6.23. The highest BCUT2D eigenvalue weighted by Crippen LogP contribution is 2.19. The molecule has 0 amide bonds. The van der Waals surface area contributed by atoms with Crippen LogP contribution in [0.15, 0.2) is 22.7 Å². The summed E-state index contributed by atoms with van der Waals surface area (Å²) in [4.78, 5) is 2.37. The lowest BCUT2D eigenvalue weighted by Crippen LogP contribution is -2.51. The third-order valence-electron chi connectivity index (χ3n) is 3.66. The number of nitrogens with two attached hydrogens (primary N) is 1. The summed E-state index contributed by atoms with van der Waals surface area (Å²) in [6.07, 6.45) is 1.60. The molecule has 2 atom stereocenters. The average molecular weight is 345 g/mol. The summed E-state index contributed by atoms with van der Waals surface area (Å²) >= 11 is 3.37. The number of halogens is 2. The van der Waals surface area contributed by atoms with Gasteiger partial charge in [0.2, 0.25) is 0 Å². The van der Waals surface area contributed by atoms with Crippen LogP contribution < -0.4 is 5.73 Å². The molecular formula is C15H22BrFN2O. The van der Waals surface area contributed by atoms with E-state index in [0.29, 0.717) is 18.6 Å². The van der Waals surface area contributed by atoms with Crippen LogP contribution in [0.25, 0.3) is 0 Å². The van der Waals surface area contributed by atoms with E-state index in [1.165, 1.54) is 6.07 Å². The Balaban J connectivity index is 1.96. The first kappa shape index (κ1) is 15.9. The summed E-state index contributed by atoms with van der Waals surface area (Å²) in [6, 6.07) is 4.78. The summed E-state index contributed by atoms with van der Waals surface area (Å²) in [5.41, 5.74) is 6.87. The van der Waals surface area contributed by atoms with E-state index < -0.39 is 0 Å². The zero-order chi connectivity index (χ0) is 14.5. The highest BCUT2D eigenvalue weighted by molar-refractivity contribution is 9.10. The molecule has 20 heavy (non-hydrogen) atoms. The first-order valence-electron chi connectivity index (χ1n) is 7.13. The van der Waals surface area contributed by atoms with Gasteiger partial charge in [0, 0.05) is 23.6 Å². The first-order chi connectivity index (χ1) is 9.60. The van der Waals surface area contributed by atoms with E-state index in [2.05, 4.69) is 27.8 Å². The van der Waals surface area contributed by atoms with Crippen LogP contribution in [-0.2, 0) is 11.2 Å². The van der Waals surface area contributed by atoms with E-state index in [1.54, 1.807) is 12.1 Å². The van der Waals surface area contributed by atoms with E-state index in [-0.39, 0.29) is 18.0 Å². The molecule has 1 aromatic carbocycles. The van der Waals surface area contributed by atoms with E-state index in [9.17, 15) is 4.39 Å². The Kier molecular flexibility index (Phi) is 5.96. The normalized spacial score (nSPS) is 21.9. The molecule has 0 aliphatic carbocycles. The van der Waals surface area contributed by atoms with Gasteiger partial charge in [0.25, 0.3) is 0 Å². The van der Waals surface area contributed by atoms with Crippen LogP contribution in [0.5, 0.6) is 0 Å². The number of hydrogen-bond acceptors (Lipinski definition) is 3. The predicted molar refractivity (Wildman–Crippen MR) is 82.3 cm³/mol. The second kappa shape index (κ2) is 7.50. The van der Waals surface area contributed by atoms with E-state index in [4.69, 9.17) is 10.5 Å². The van der Waals surface area contributed by atoms with Gasteiger partial charge in [-0.15, -0.1) is 0 Å². The largest absolute Gasteiger partial charge is 0.374 e. The van der Waals surface area contributed by atoms with Crippen molar-refractivity contribution in [1.82, 2.24) is 4.90 Å². The van der Waals surface area contributed by atoms with E-state index >= 15 is 0 Å². The molecule has 1 fully saturated rings. The Bertz CT molecular complexity index is 442. The van der Waals surface area contributed by atoms with Gasteiger partial charge >= 0.3 is 0 Å². The minimum atomic E-state index is -0.204. The van der Waals surface area contributed by atoms with Crippen LogP contribution in [0.4, 0.5) is 4.39 Å². The molecule has 0 spiro atoms. The number of ether oxygens (including phenoxy) is 1. The smallest absolute Gasteiger partial charge is 0.126 e.